The lowest BCUT2D eigenvalue weighted by molar-refractivity contribution is -0.137. The van der Waals surface area contributed by atoms with Crippen LogP contribution >= 0.6 is 0 Å². The standard InChI is InChI=1S/C14H9F3N2O3/c1-6-11(12-9(13(20)21)5-18-22-12)8-4-7(14(15,16)17)2-3-10(8)19-6/h2-5,19H,1H3,(H,20,21). The topological polar surface area (TPSA) is 79.1 Å². The Kier molecular flexibility index (Phi) is 2.98. The van der Waals surface area contributed by atoms with E-state index in [1.165, 1.54) is 6.07 Å². The summed E-state index contributed by atoms with van der Waals surface area (Å²) in [7, 11) is 0. The van der Waals surface area contributed by atoms with Crippen LogP contribution in [0.15, 0.2) is 28.9 Å². The zero-order valence-corrected chi connectivity index (χ0v) is 11.2. The van der Waals surface area contributed by atoms with Gasteiger partial charge in [-0.15, -0.1) is 0 Å². The van der Waals surface area contributed by atoms with E-state index in [1.54, 1.807) is 6.92 Å². The number of hydrogen-bond donors (Lipinski definition) is 2. The monoisotopic (exact) mass is 310 g/mol. The van der Waals surface area contributed by atoms with E-state index in [0.717, 1.165) is 18.3 Å². The van der Waals surface area contributed by atoms with E-state index in [-0.39, 0.29) is 22.3 Å². The molecule has 2 N–H and O–H groups in total. The number of aromatic amines is 1. The van der Waals surface area contributed by atoms with Crippen LogP contribution in [-0.2, 0) is 6.18 Å². The van der Waals surface area contributed by atoms with Crippen molar-refractivity contribution in [2.45, 2.75) is 13.1 Å². The molecule has 5 nitrogen and oxygen atoms in total. The van der Waals surface area contributed by atoms with E-state index in [1.807, 2.05) is 0 Å². The molecule has 3 aromatic rings. The number of carboxylic acid groups (broad SMARTS) is 1. The molecular formula is C14H9F3N2O3. The predicted octanol–water partition coefficient (Wildman–Crippen LogP) is 3.85. The first kappa shape index (κ1) is 14.2. The van der Waals surface area contributed by atoms with Crippen molar-refractivity contribution in [2.24, 2.45) is 0 Å². The number of nitrogens with zero attached hydrogens (tertiary/aromatic N) is 1. The number of carboxylic acids is 1. The molecule has 0 aliphatic rings. The molecule has 0 radical (unpaired) electrons. The normalized spacial score (nSPS) is 12.0. The zero-order chi connectivity index (χ0) is 16.1. The Morgan fingerprint density at radius 3 is 2.73 bits per heavy atom. The third kappa shape index (κ3) is 2.12. The number of benzene rings is 1. The maximum Gasteiger partial charge on any atom is 0.416 e. The minimum Gasteiger partial charge on any atom is -0.477 e. The first-order valence-corrected chi connectivity index (χ1v) is 6.17. The second kappa shape index (κ2) is 4.62. The van der Waals surface area contributed by atoms with Gasteiger partial charge >= 0.3 is 12.1 Å². The molecule has 0 atom stereocenters. The number of rotatable bonds is 2. The van der Waals surface area contributed by atoms with Gasteiger partial charge in [-0.05, 0) is 25.1 Å². The Balaban J connectivity index is 2.31. The van der Waals surface area contributed by atoms with Gasteiger partial charge in [0.2, 0.25) is 0 Å². The van der Waals surface area contributed by atoms with E-state index >= 15 is 0 Å². The minimum atomic E-state index is -4.49. The summed E-state index contributed by atoms with van der Waals surface area (Å²) < 4.78 is 43.5. The van der Waals surface area contributed by atoms with Gasteiger partial charge in [-0.3, -0.25) is 0 Å². The summed E-state index contributed by atoms with van der Waals surface area (Å²) in [6.07, 6.45) is -3.47. The second-order valence-electron chi connectivity index (χ2n) is 4.76. The smallest absolute Gasteiger partial charge is 0.416 e. The molecule has 0 bridgehead atoms. The molecule has 0 unspecified atom stereocenters. The maximum absolute atomic E-state index is 12.9. The van der Waals surface area contributed by atoms with E-state index in [9.17, 15) is 18.0 Å². The van der Waals surface area contributed by atoms with Crippen molar-refractivity contribution in [3.63, 3.8) is 0 Å². The molecule has 0 saturated heterocycles. The van der Waals surface area contributed by atoms with E-state index in [2.05, 4.69) is 10.1 Å². The number of fused-ring (bicyclic) bond motifs is 1. The van der Waals surface area contributed by atoms with Gasteiger partial charge in [0.1, 0.15) is 5.56 Å². The fourth-order valence-corrected chi connectivity index (χ4v) is 2.37. The van der Waals surface area contributed by atoms with Crippen LogP contribution in [0.25, 0.3) is 22.2 Å². The molecule has 0 saturated carbocycles. The fraction of sp³-hybridized carbons (Fsp3) is 0.143. The van der Waals surface area contributed by atoms with Crippen molar-refractivity contribution in [3.8, 4) is 11.3 Å². The van der Waals surface area contributed by atoms with Gasteiger partial charge in [-0.25, -0.2) is 4.79 Å². The summed E-state index contributed by atoms with van der Waals surface area (Å²) >= 11 is 0. The highest BCUT2D eigenvalue weighted by Gasteiger charge is 2.31. The Morgan fingerprint density at radius 2 is 2.09 bits per heavy atom. The highest BCUT2D eigenvalue weighted by molar-refractivity contribution is 6.02. The number of aryl methyl sites for hydroxylation is 1. The largest absolute Gasteiger partial charge is 0.477 e. The number of halogens is 3. The summed E-state index contributed by atoms with van der Waals surface area (Å²) in [6, 6.07) is 3.22. The Labute approximate surface area is 121 Å². The lowest BCUT2D eigenvalue weighted by atomic mass is 10.0. The molecule has 2 aromatic heterocycles. The molecule has 0 aliphatic heterocycles. The summed E-state index contributed by atoms with van der Waals surface area (Å²) in [5, 5.41) is 12.8. The number of H-pyrrole nitrogens is 1. The highest BCUT2D eigenvalue weighted by atomic mass is 19.4. The molecular weight excluding hydrogens is 301 g/mol. The Bertz CT molecular complexity index is 877. The molecule has 0 spiro atoms. The van der Waals surface area contributed by atoms with Crippen molar-refractivity contribution in [1.29, 1.82) is 0 Å². The van der Waals surface area contributed by atoms with E-state index in [4.69, 9.17) is 9.63 Å². The summed E-state index contributed by atoms with van der Waals surface area (Å²) in [4.78, 5) is 14.1. The van der Waals surface area contributed by atoms with Gasteiger partial charge in [0, 0.05) is 22.2 Å². The van der Waals surface area contributed by atoms with Gasteiger partial charge in [-0.2, -0.15) is 13.2 Å². The first-order chi connectivity index (χ1) is 10.3. The average Bonchev–Trinajstić information content (AvgIpc) is 2.99. The molecule has 114 valence electrons. The van der Waals surface area contributed by atoms with Crippen molar-refractivity contribution >= 4 is 16.9 Å². The minimum absolute atomic E-state index is 0.0735. The lowest BCUT2D eigenvalue weighted by Gasteiger charge is -2.06. The fourth-order valence-electron chi connectivity index (χ4n) is 2.37. The molecule has 2 heterocycles. The number of hydrogen-bond acceptors (Lipinski definition) is 3. The third-order valence-electron chi connectivity index (χ3n) is 3.34. The van der Waals surface area contributed by atoms with Gasteiger partial charge < -0.3 is 14.6 Å². The van der Waals surface area contributed by atoms with Crippen LogP contribution in [0.3, 0.4) is 0 Å². The summed E-state index contributed by atoms with van der Waals surface area (Å²) in [5.74, 6) is -1.34. The third-order valence-corrected chi connectivity index (χ3v) is 3.34. The van der Waals surface area contributed by atoms with Gasteiger partial charge in [0.15, 0.2) is 5.76 Å². The average molecular weight is 310 g/mol. The summed E-state index contributed by atoms with van der Waals surface area (Å²) in [6.45, 7) is 1.62. The number of carbonyl (C=O) groups is 1. The number of alkyl halides is 3. The van der Waals surface area contributed by atoms with Crippen LogP contribution in [0.1, 0.15) is 21.6 Å². The number of nitrogens with one attached hydrogen (secondary N) is 1. The van der Waals surface area contributed by atoms with Crippen LogP contribution in [0.4, 0.5) is 13.2 Å². The SMILES string of the molecule is Cc1[nH]c2ccc(C(F)(F)F)cc2c1-c1oncc1C(=O)O. The highest BCUT2D eigenvalue weighted by Crippen LogP contribution is 2.38. The number of aromatic nitrogens is 2. The predicted molar refractivity (Wildman–Crippen MR) is 70.5 cm³/mol. The van der Waals surface area contributed by atoms with Gasteiger partial charge in [0.25, 0.3) is 0 Å². The van der Waals surface area contributed by atoms with Crippen LogP contribution in [-0.4, -0.2) is 21.2 Å². The Hall–Kier alpha value is -2.77. The molecule has 0 amide bonds. The van der Waals surface area contributed by atoms with Crippen LogP contribution in [0.5, 0.6) is 0 Å². The van der Waals surface area contributed by atoms with Gasteiger partial charge in [-0.1, -0.05) is 5.16 Å². The van der Waals surface area contributed by atoms with Crippen molar-refractivity contribution in [3.05, 3.63) is 41.2 Å². The van der Waals surface area contributed by atoms with Crippen molar-refractivity contribution in [2.75, 3.05) is 0 Å². The van der Waals surface area contributed by atoms with Crippen molar-refractivity contribution in [1.82, 2.24) is 10.1 Å². The molecule has 8 heteroatoms. The van der Waals surface area contributed by atoms with Crippen LogP contribution in [0, 0.1) is 6.92 Å². The van der Waals surface area contributed by atoms with Gasteiger partial charge in [0.05, 0.1) is 11.8 Å². The van der Waals surface area contributed by atoms with Crippen LogP contribution in [0.2, 0.25) is 0 Å². The molecule has 1 aromatic carbocycles. The maximum atomic E-state index is 12.9. The molecule has 22 heavy (non-hydrogen) atoms. The lowest BCUT2D eigenvalue weighted by Crippen LogP contribution is -2.04. The quantitative estimate of drug-likeness (QED) is 0.753. The molecule has 0 aliphatic carbocycles. The first-order valence-electron chi connectivity index (χ1n) is 6.17. The second-order valence-corrected chi connectivity index (χ2v) is 4.76. The van der Waals surface area contributed by atoms with Crippen LogP contribution < -0.4 is 0 Å². The number of aromatic carboxylic acids is 1. The summed E-state index contributed by atoms with van der Waals surface area (Å²) in [5.41, 5.74) is 0.177. The zero-order valence-electron chi connectivity index (χ0n) is 11.2. The van der Waals surface area contributed by atoms with Crippen molar-refractivity contribution < 1.29 is 27.6 Å². The van der Waals surface area contributed by atoms with E-state index in [0.29, 0.717) is 11.2 Å². The molecule has 3 rings (SSSR count). The molecule has 0 fully saturated rings. The van der Waals surface area contributed by atoms with E-state index < -0.39 is 17.7 Å². The Morgan fingerprint density at radius 1 is 1.36 bits per heavy atom.